The topological polar surface area (TPSA) is 163 Å². The van der Waals surface area contributed by atoms with Crippen LogP contribution in [0.1, 0.15) is 60.3 Å². The SMILES string of the molecule is CCOC(=O)/C=C/CCN(NC=O)C(=O)N[C@H](C(=O)N1CCC[C@H]1C(=O)N[C@@H](CC(C)C)C(=O)OC)C(C)C. The molecule has 1 aliphatic rings. The van der Waals surface area contributed by atoms with Crippen LogP contribution in [0.5, 0.6) is 0 Å². The zero-order valence-electron chi connectivity index (χ0n) is 23.7. The standard InChI is InChI=1S/C26H43N5O8/c1-7-39-21(33)12-8-9-14-31(27-16-32)26(37)29-22(18(4)5)24(35)30-13-10-11-20(30)23(34)28-19(15-17(2)3)25(36)38-6/h8,12,16-20,22H,7,9-11,13-15H2,1-6H3,(H,27,32)(H,28,34)(H,29,37)/b12-8+/t19-,20-,22-/m0/s1. The number of esters is 2. The summed E-state index contributed by atoms with van der Waals surface area (Å²) in [5.41, 5.74) is 2.29. The Kier molecular flexibility index (Phi) is 14.6. The number of amides is 5. The first-order valence-electron chi connectivity index (χ1n) is 13.3. The molecule has 1 fully saturated rings. The Hall–Kier alpha value is -3.64. The molecular weight excluding hydrogens is 510 g/mol. The van der Waals surface area contributed by atoms with E-state index in [2.05, 4.69) is 16.1 Å². The van der Waals surface area contributed by atoms with Gasteiger partial charge in [0.2, 0.25) is 18.2 Å². The van der Waals surface area contributed by atoms with Crippen molar-refractivity contribution in [3.63, 3.8) is 0 Å². The number of rotatable bonds is 15. The first-order chi connectivity index (χ1) is 18.5. The number of carbonyl (C=O) groups excluding carboxylic acids is 6. The molecule has 0 radical (unpaired) electrons. The lowest BCUT2D eigenvalue weighted by atomic mass is 10.0. The van der Waals surface area contributed by atoms with Crippen molar-refractivity contribution in [2.75, 3.05) is 26.8 Å². The number of nitrogens with one attached hydrogen (secondary N) is 3. The summed E-state index contributed by atoms with van der Waals surface area (Å²) < 4.78 is 9.61. The van der Waals surface area contributed by atoms with Crippen molar-refractivity contribution in [2.24, 2.45) is 11.8 Å². The molecule has 1 heterocycles. The van der Waals surface area contributed by atoms with Gasteiger partial charge in [0.1, 0.15) is 18.1 Å². The van der Waals surface area contributed by atoms with Crippen molar-refractivity contribution in [3.8, 4) is 0 Å². The molecule has 0 unspecified atom stereocenters. The van der Waals surface area contributed by atoms with Gasteiger partial charge in [0.15, 0.2) is 0 Å². The van der Waals surface area contributed by atoms with Crippen LogP contribution in [0.25, 0.3) is 0 Å². The van der Waals surface area contributed by atoms with E-state index in [0.29, 0.717) is 32.2 Å². The quantitative estimate of drug-likeness (QED) is 0.116. The van der Waals surface area contributed by atoms with Gasteiger partial charge in [-0.3, -0.25) is 19.8 Å². The number of carbonyl (C=O) groups is 6. The number of hydrogen-bond donors (Lipinski definition) is 3. The van der Waals surface area contributed by atoms with Gasteiger partial charge in [0, 0.05) is 19.2 Å². The molecule has 3 atom stereocenters. The van der Waals surface area contributed by atoms with Crippen LogP contribution in [-0.4, -0.2) is 91.0 Å². The molecule has 220 valence electrons. The first-order valence-corrected chi connectivity index (χ1v) is 13.3. The fourth-order valence-electron chi connectivity index (χ4n) is 4.16. The highest BCUT2D eigenvalue weighted by molar-refractivity contribution is 5.94. The van der Waals surface area contributed by atoms with Crippen LogP contribution in [0.2, 0.25) is 0 Å². The van der Waals surface area contributed by atoms with E-state index in [4.69, 9.17) is 9.47 Å². The summed E-state index contributed by atoms with van der Waals surface area (Å²) in [5.74, 6) is -2.18. The van der Waals surface area contributed by atoms with Crippen molar-refractivity contribution in [3.05, 3.63) is 12.2 Å². The normalized spacial score (nSPS) is 16.5. The van der Waals surface area contributed by atoms with Gasteiger partial charge in [-0.25, -0.2) is 19.4 Å². The summed E-state index contributed by atoms with van der Waals surface area (Å²) in [4.78, 5) is 75.7. The van der Waals surface area contributed by atoms with Crippen LogP contribution < -0.4 is 16.1 Å². The molecule has 0 bridgehead atoms. The molecule has 5 amide bonds. The number of hydrazine groups is 1. The molecule has 0 aliphatic carbocycles. The van der Waals surface area contributed by atoms with Crippen molar-refractivity contribution < 1.29 is 38.2 Å². The Labute approximate surface area is 230 Å². The number of hydrogen-bond acceptors (Lipinski definition) is 8. The predicted octanol–water partition coefficient (Wildman–Crippen LogP) is 0.888. The number of likely N-dealkylation sites (tertiary alicyclic amines) is 1. The van der Waals surface area contributed by atoms with E-state index in [1.807, 2.05) is 13.8 Å². The number of urea groups is 1. The highest BCUT2D eigenvalue weighted by Gasteiger charge is 2.40. The van der Waals surface area contributed by atoms with Crippen molar-refractivity contribution in [1.82, 2.24) is 26.0 Å². The Morgan fingerprint density at radius 3 is 2.36 bits per heavy atom. The Balaban J connectivity index is 2.94. The van der Waals surface area contributed by atoms with Crippen LogP contribution in [0.3, 0.4) is 0 Å². The van der Waals surface area contributed by atoms with E-state index in [9.17, 15) is 28.8 Å². The molecule has 1 aliphatic heterocycles. The van der Waals surface area contributed by atoms with Gasteiger partial charge >= 0.3 is 18.0 Å². The molecule has 0 saturated carbocycles. The highest BCUT2D eigenvalue weighted by Crippen LogP contribution is 2.21. The molecule has 13 nitrogen and oxygen atoms in total. The lowest BCUT2D eigenvalue weighted by Crippen LogP contribution is -2.59. The van der Waals surface area contributed by atoms with Crippen LogP contribution >= 0.6 is 0 Å². The maximum Gasteiger partial charge on any atom is 0.336 e. The number of ether oxygens (including phenoxy) is 2. The summed E-state index contributed by atoms with van der Waals surface area (Å²) in [6, 6.07) is -3.33. The van der Waals surface area contributed by atoms with E-state index in [0.717, 1.165) is 5.01 Å². The van der Waals surface area contributed by atoms with Gasteiger partial charge in [-0.15, -0.1) is 0 Å². The van der Waals surface area contributed by atoms with E-state index in [1.165, 1.54) is 24.2 Å². The maximum absolute atomic E-state index is 13.5. The first kappa shape index (κ1) is 33.4. The van der Waals surface area contributed by atoms with Gasteiger partial charge in [0.25, 0.3) is 0 Å². The molecule has 13 heteroatoms. The molecule has 0 aromatic rings. The highest BCUT2D eigenvalue weighted by atomic mass is 16.5. The number of nitrogens with zero attached hydrogens (tertiary/aromatic N) is 2. The van der Waals surface area contributed by atoms with Crippen molar-refractivity contribution in [1.29, 1.82) is 0 Å². The number of methoxy groups -OCH3 is 1. The molecule has 3 N–H and O–H groups in total. The fourth-order valence-corrected chi connectivity index (χ4v) is 4.16. The zero-order chi connectivity index (χ0) is 29.5. The van der Waals surface area contributed by atoms with E-state index < -0.39 is 47.9 Å². The third kappa shape index (κ3) is 10.9. The van der Waals surface area contributed by atoms with Crippen molar-refractivity contribution in [2.45, 2.75) is 78.4 Å². The van der Waals surface area contributed by atoms with E-state index in [1.54, 1.807) is 20.8 Å². The third-order valence-electron chi connectivity index (χ3n) is 6.07. The van der Waals surface area contributed by atoms with Gasteiger partial charge in [0.05, 0.1) is 13.7 Å². The minimum Gasteiger partial charge on any atom is -0.467 e. The van der Waals surface area contributed by atoms with Gasteiger partial charge in [-0.1, -0.05) is 33.8 Å². The second-order valence-electron chi connectivity index (χ2n) is 9.92. The summed E-state index contributed by atoms with van der Waals surface area (Å²) >= 11 is 0. The minimum atomic E-state index is -0.982. The third-order valence-corrected chi connectivity index (χ3v) is 6.07. The van der Waals surface area contributed by atoms with Crippen molar-refractivity contribution >= 4 is 36.2 Å². The van der Waals surface area contributed by atoms with Gasteiger partial charge in [-0.2, -0.15) is 0 Å². The van der Waals surface area contributed by atoms with Crippen LogP contribution in [0, 0.1) is 11.8 Å². The minimum absolute atomic E-state index is 0.0268. The maximum atomic E-state index is 13.5. The zero-order valence-corrected chi connectivity index (χ0v) is 23.7. The molecule has 0 aromatic heterocycles. The van der Waals surface area contributed by atoms with E-state index >= 15 is 0 Å². The monoisotopic (exact) mass is 553 g/mol. The molecule has 1 rings (SSSR count). The summed E-state index contributed by atoms with van der Waals surface area (Å²) in [6.45, 7) is 9.61. The van der Waals surface area contributed by atoms with Gasteiger partial charge < -0.3 is 25.0 Å². The molecule has 39 heavy (non-hydrogen) atoms. The molecule has 1 saturated heterocycles. The van der Waals surface area contributed by atoms with Gasteiger partial charge in [-0.05, 0) is 44.4 Å². The predicted molar refractivity (Wildman–Crippen MR) is 142 cm³/mol. The van der Waals surface area contributed by atoms with Crippen LogP contribution in [0.4, 0.5) is 4.79 Å². The average molecular weight is 554 g/mol. The van der Waals surface area contributed by atoms with Crippen LogP contribution in [0.15, 0.2) is 12.2 Å². The summed E-state index contributed by atoms with van der Waals surface area (Å²) in [6.07, 6.45) is 4.68. The summed E-state index contributed by atoms with van der Waals surface area (Å²) in [7, 11) is 1.25. The Morgan fingerprint density at radius 1 is 1.10 bits per heavy atom. The molecular formula is C26H43N5O8. The second-order valence-corrected chi connectivity index (χ2v) is 9.92. The second kappa shape index (κ2) is 17.0. The van der Waals surface area contributed by atoms with E-state index in [-0.39, 0.29) is 31.4 Å². The Morgan fingerprint density at radius 2 is 1.79 bits per heavy atom. The summed E-state index contributed by atoms with van der Waals surface area (Å²) in [5, 5.41) is 6.37. The lowest BCUT2D eigenvalue weighted by molar-refractivity contribution is -0.147. The smallest absolute Gasteiger partial charge is 0.336 e. The molecule has 0 spiro atoms. The lowest BCUT2D eigenvalue weighted by Gasteiger charge is -2.32. The average Bonchev–Trinajstić information content (AvgIpc) is 3.37. The largest absolute Gasteiger partial charge is 0.467 e. The van der Waals surface area contributed by atoms with Crippen LogP contribution in [-0.2, 0) is 33.4 Å². The molecule has 0 aromatic carbocycles. The Bertz CT molecular complexity index is 892. The fraction of sp³-hybridized carbons (Fsp3) is 0.692.